The number of carbonyl (C=O) groups excluding carboxylic acids is 4. The van der Waals surface area contributed by atoms with Gasteiger partial charge in [0.1, 0.15) is 11.2 Å². The highest BCUT2D eigenvalue weighted by atomic mass is 17.2. The van der Waals surface area contributed by atoms with Crippen LogP contribution < -0.4 is 0 Å². The molecule has 10 nitrogen and oxygen atoms in total. The predicted octanol–water partition coefficient (Wildman–Crippen LogP) is 11.3. The van der Waals surface area contributed by atoms with Crippen molar-refractivity contribution in [3.05, 3.63) is 144 Å². The van der Waals surface area contributed by atoms with E-state index in [1.54, 1.807) is 60.7 Å². The molecule has 4 aromatic carbocycles. The Kier molecular flexibility index (Phi) is 22.1. The van der Waals surface area contributed by atoms with Crippen LogP contribution in [0.2, 0.25) is 0 Å². The van der Waals surface area contributed by atoms with E-state index in [0.717, 1.165) is 30.4 Å². The van der Waals surface area contributed by atoms with Crippen molar-refractivity contribution in [2.75, 3.05) is 0 Å². The summed E-state index contributed by atoms with van der Waals surface area (Å²) in [5, 5.41) is 0. The van der Waals surface area contributed by atoms with Gasteiger partial charge in [0.2, 0.25) is 0 Å². The molecule has 0 spiro atoms. The lowest BCUT2D eigenvalue weighted by Crippen LogP contribution is -2.29. The Morgan fingerprint density at radius 3 is 1.14 bits per heavy atom. The zero-order valence-corrected chi connectivity index (χ0v) is 33.7. The summed E-state index contributed by atoms with van der Waals surface area (Å²) in [5.41, 5.74) is 1.82. The van der Waals surface area contributed by atoms with Gasteiger partial charge in [0.15, 0.2) is 0 Å². The monoisotopic (exact) mass is 770 g/mol. The molecule has 302 valence electrons. The maximum absolute atomic E-state index is 11.5. The Morgan fingerprint density at radius 1 is 0.446 bits per heavy atom. The van der Waals surface area contributed by atoms with Gasteiger partial charge < -0.3 is 0 Å². The van der Waals surface area contributed by atoms with Gasteiger partial charge in [-0.25, -0.2) is 48.5 Å². The molecule has 56 heavy (non-hydrogen) atoms. The molecule has 0 saturated heterocycles. The van der Waals surface area contributed by atoms with Crippen LogP contribution in [-0.2, 0) is 50.1 Å². The fraction of sp³-hybridized carbons (Fsp3) is 0.391. The van der Waals surface area contributed by atoms with Crippen molar-refractivity contribution < 1.29 is 48.5 Å². The molecule has 10 heteroatoms. The minimum Gasteiger partial charge on any atom is -0.248 e. The average Bonchev–Trinajstić information content (AvgIpc) is 3.22. The molecule has 0 fully saturated rings. The predicted molar refractivity (Wildman–Crippen MR) is 215 cm³/mol. The quantitative estimate of drug-likeness (QED) is 0.0582. The third kappa shape index (κ3) is 19.8. The normalized spacial score (nSPS) is 10.8. The summed E-state index contributed by atoms with van der Waals surface area (Å²) in [6.45, 7) is 11.4. The Balaban J connectivity index is 0.000000291. The van der Waals surface area contributed by atoms with Crippen LogP contribution in [0.4, 0.5) is 0 Å². The molecule has 0 heterocycles. The van der Waals surface area contributed by atoms with Gasteiger partial charge in [0.25, 0.3) is 0 Å². The lowest BCUT2D eigenvalue weighted by Gasteiger charge is -2.31. The van der Waals surface area contributed by atoms with Crippen LogP contribution in [0.5, 0.6) is 0 Å². The minimum absolute atomic E-state index is 0.318. The van der Waals surface area contributed by atoms with E-state index in [2.05, 4.69) is 26.5 Å². The Bertz CT molecular complexity index is 1570. The van der Waals surface area contributed by atoms with Gasteiger partial charge in [-0.2, -0.15) is 0 Å². The summed E-state index contributed by atoms with van der Waals surface area (Å²) >= 11 is 0. The molecule has 0 aliphatic carbocycles. The molecular weight excluding hydrogens is 712 g/mol. The van der Waals surface area contributed by atoms with Crippen molar-refractivity contribution in [2.45, 2.75) is 117 Å². The molecule has 4 aromatic rings. The Hall–Kier alpha value is -5.32. The van der Waals surface area contributed by atoms with Crippen LogP contribution in [0.1, 0.15) is 138 Å². The van der Waals surface area contributed by atoms with E-state index in [0.29, 0.717) is 17.5 Å². The third-order valence-electron chi connectivity index (χ3n) is 8.34. The zero-order valence-electron chi connectivity index (χ0n) is 33.7. The summed E-state index contributed by atoms with van der Waals surface area (Å²) in [4.78, 5) is 73.2. The summed E-state index contributed by atoms with van der Waals surface area (Å²) in [7, 11) is 0. The highest BCUT2D eigenvalue weighted by Crippen LogP contribution is 2.31. The number of unbranched alkanes of at least 4 members (excludes halogenated alkanes) is 8. The molecule has 0 bridgehead atoms. The Morgan fingerprint density at radius 2 is 0.786 bits per heavy atom. The second-order valence-corrected chi connectivity index (χ2v) is 14.0. The lowest BCUT2D eigenvalue weighted by atomic mass is 9.98. The van der Waals surface area contributed by atoms with Gasteiger partial charge in [-0.3, -0.25) is 0 Å². The molecule has 0 aliphatic rings. The smallest absolute Gasteiger partial charge is 0.248 e. The van der Waals surface area contributed by atoms with Crippen molar-refractivity contribution >= 4 is 23.9 Å². The number of rotatable bonds is 17. The van der Waals surface area contributed by atoms with E-state index in [4.69, 9.17) is 9.78 Å². The first-order valence-corrected chi connectivity index (χ1v) is 19.2. The molecule has 0 N–H and O–H groups in total. The molecule has 0 aromatic heterocycles. The van der Waals surface area contributed by atoms with E-state index in [1.165, 1.54) is 45.4 Å². The molecule has 0 aliphatic heterocycles. The van der Waals surface area contributed by atoms with Gasteiger partial charge >= 0.3 is 23.9 Å². The number of benzene rings is 4. The number of hydrogen-bond donors (Lipinski definition) is 0. The van der Waals surface area contributed by atoms with Crippen molar-refractivity contribution in [3.8, 4) is 0 Å². The first-order valence-electron chi connectivity index (χ1n) is 19.2. The van der Waals surface area contributed by atoms with Crippen LogP contribution in [0.15, 0.2) is 121 Å². The van der Waals surface area contributed by atoms with Crippen LogP contribution in [0, 0.1) is 0 Å². The summed E-state index contributed by atoms with van der Waals surface area (Å²) in [5.74, 6) is -2.48. The fourth-order valence-corrected chi connectivity index (χ4v) is 5.03. The molecule has 0 radical (unpaired) electrons. The maximum Gasteiger partial charge on any atom is 0.386 e. The van der Waals surface area contributed by atoms with E-state index in [1.807, 2.05) is 88.4 Å². The highest BCUT2D eigenvalue weighted by Gasteiger charge is 2.29. The van der Waals surface area contributed by atoms with Gasteiger partial charge in [-0.05, 0) is 69.5 Å². The second kappa shape index (κ2) is 26.5. The molecule has 0 atom stereocenters. The first kappa shape index (κ1) is 46.8. The van der Waals surface area contributed by atoms with Gasteiger partial charge in [0.05, 0.1) is 17.5 Å². The Labute approximate surface area is 332 Å². The SMILES string of the molecule is CC(C)(OOC(C)(C)c1ccccc1)c1ccccc1.CCCCCCCCCCCC(=O)OOC(C)=O.O=C(OOC(=O)c1ccccc1)c1ccccc1. The van der Waals surface area contributed by atoms with E-state index in [9.17, 15) is 19.2 Å². The zero-order chi connectivity index (χ0) is 41.1. The third-order valence-corrected chi connectivity index (χ3v) is 8.34. The molecule has 0 unspecified atom stereocenters. The lowest BCUT2D eigenvalue weighted by molar-refractivity contribution is -0.410. The van der Waals surface area contributed by atoms with E-state index in [-0.39, 0.29) is 0 Å². The number of carbonyl (C=O) groups is 4. The summed E-state index contributed by atoms with van der Waals surface area (Å²) in [6, 6.07) is 36.7. The van der Waals surface area contributed by atoms with E-state index < -0.39 is 35.1 Å². The van der Waals surface area contributed by atoms with Gasteiger partial charge in [-0.1, -0.05) is 155 Å². The van der Waals surface area contributed by atoms with Crippen LogP contribution >= 0.6 is 0 Å². The van der Waals surface area contributed by atoms with Crippen molar-refractivity contribution in [3.63, 3.8) is 0 Å². The van der Waals surface area contributed by atoms with Crippen LogP contribution in [0.25, 0.3) is 0 Å². The van der Waals surface area contributed by atoms with Crippen molar-refractivity contribution in [1.29, 1.82) is 0 Å². The van der Waals surface area contributed by atoms with Gasteiger partial charge in [-0.15, -0.1) is 0 Å². The molecule has 0 saturated carbocycles. The van der Waals surface area contributed by atoms with Crippen molar-refractivity contribution in [2.24, 2.45) is 0 Å². The van der Waals surface area contributed by atoms with Gasteiger partial charge in [0, 0.05) is 6.92 Å². The molecule has 0 amide bonds. The van der Waals surface area contributed by atoms with E-state index >= 15 is 0 Å². The largest absolute Gasteiger partial charge is 0.386 e. The summed E-state index contributed by atoms with van der Waals surface area (Å²) in [6.07, 6.45) is 11.1. The highest BCUT2D eigenvalue weighted by molar-refractivity contribution is 5.92. The van der Waals surface area contributed by atoms with Crippen molar-refractivity contribution in [1.82, 2.24) is 0 Å². The minimum atomic E-state index is -0.708. The molecular formula is C46H58O10. The first-order chi connectivity index (χ1) is 26.9. The second-order valence-electron chi connectivity index (χ2n) is 14.0. The summed E-state index contributed by atoms with van der Waals surface area (Å²) < 4.78 is 0. The standard InChI is InChI=1S/C18H22O2.C14H10O4.C14H26O4/c1-17(2,15-11-7-5-8-12-15)19-20-18(3,4)16-13-9-6-10-14-16;15-13(11-7-3-1-4-8-11)17-18-14(16)12-9-5-2-6-10-12;1-3-4-5-6-7-8-9-10-11-12-14(16)18-17-13(2)15/h5-14H,1-4H3;1-10H;3-12H2,1-2H3. The van der Waals surface area contributed by atoms with Crippen LogP contribution in [0.3, 0.4) is 0 Å². The topological polar surface area (TPSA) is 124 Å². The maximum atomic E-state index is 11.5. The molecule has 4 rings (SSSR count). The average molecular weight is 771 g/mol. The van der Waals surface area contributed by atoms with Crippen LogP contribution in [-0.4, -0.2) is 23.9 Å². The number of hydrogen-bond acceptors (Lipinski definition) is 10. The fourth-order valence-electron chi connectivity index (χ4n) is 5.03.